The first-order valence-electron chi connectivity index (χ1n) is 6.11. The average molecular weight is 239 g/mol. The van der Waals surface area contributed by atoms with Gasteiger partial charge in [-0.15, -0.1) is 0 Å². The van der Waals surface area contributed by atoms with Crippen molar-refractivity contribution >= 4 is 0 Å². The minimum Gasteiger partial charge on any atom is -0.494 e. The maximum Gasteiger partial charge on any atom is 0.165 e. The maximum absolute atomic E-state index is 13.4. The summed E-state index contributed by atoms with van der Waals surface area (Å²) in [7, 11) is 1.48. The molecule has 0 heterocycles. The molecule has 0 aliphatic heterocycles. The predicted octanol–water partition coefficient (Wildman–Crippen LogP) is 3.15. The van der Waals surface area contributed by atoms with E-state index in [4.69, 9.17) is 4.74 Å². The Hall–Kier alpha value is -1.09. The Morgan fingerprint density at radius 1 is 1.29 bits per heavy atom. The highest BCUT2D eigenvalue weighted by atomic mass is 19.1. The monoisotopic (exact) mass is 239 g/mol. The lowest BCUT2D eigenvalue weighted by Crippen LogP contribution is -2.32. The molecule has 1 aromatic rings. The van der Waals surface area contributed by atoms with Crippen molar-refractivity contribution in [1.82, 2.24) is 5.32 Å². The molecule has 1 atom stereocenters. The second-order valence-electron chi connectivity index (χ2n) is 4.73. The lowest BCUT2D eigenvalue weighted by atomic mass is 10.1. The summed E-state index contributed by atoms with van der Waals surface area (Å²) in [6, 6.07) is 6.09. The molecule has 0 aromatic heterocycles. The largest absolute Gasteiger partial charge is 0.494 e. The Balaban J connectivity index is 2.49. The quantitative estimate of drug-likeness (QED) is 0.823. The van der Waals surface area contributed by atoms with E-state index in [9.17, 15) is 4.39 Å². The van der Waals surface area contributed by atoms with Crippen molar-refractivity contribution in [3.05, 3.63) is 29.6 Å². The SMILES string of the molecule is COc1ccc(CCC(C)NC(C)C)cc1F. The van der Waals surface area contributed by atoms with Gasteiger partial charge in [0.1, 0.15) is 0 Å². The van der Waals surface area contributed by atoms with Gasteiger partial charge in [0, 0.05) is 12.1 Å². The van der Waals surface area contributed by atoms with Crippen molar-refractivity contribution < 1.29 is 9.13 Å². The zero-order valence-corrected chi connectivity index (χ0v) is 11.1. The van der Waals surface area contributed by atoms with E-state index in [0.29, 0.717) is 17.8 Å². The van der Waals surface area contributed by atoms with Crippen molar-refractivity contribution in [3.63, 3.8) is 0 Å². The summed E-state index contributed by atoms with van der Waals surface area (Å²) in [5.41, 5.74) is 1.01. The number of hydrogen-bond donors (Lipinski definition) is 1. The van der Waals surface area contributed by atoms with Gasteiger partial charge in [0.2, 0.25) is 0 Å². The lowest BCUT2D eigenvalue weighted by Gasteiger charge is -2.16. The minimum absolute atomic E-state index is 0.283. The van der Waals surface area contributed by atoms with E-state index in [1.165, 1.54) is 7.11 Å². The van der Waals surface area contributed by atoms with Crippen LogP contribution in [0.2, 0.25) is 0 Å². The van der Waals surface area contributed by atoms with Gasteiger partial charge in [0.25, 0.3) is 0 Å². The molecule has 17 heavy (non-hydrogen) atoms. The molecular formula is C14H22FNO. The highest BCUT2D eigenvalue weighted by Gasteiger charge is 2.06. The molecule has 0 aliphatic rings. The first kappa shape index (κ1) is 14.0. The first-order chi connectivity index (χ1) is 8.02. The summed E-state index contributed by atoms with van der Waals surface area (Å²) in [6.45, 7) is 6.41. The van der Waals surface area contributed by atoms with Gasteiger partial charge < -0.3 is 10.1 Å². The van der Waals surface area contributed by atoms with E-state index in [1.54, 1.807) is 12.1 Å². The summed E-state index contributed by atoms with van der Waals surface area (Å²) in [5.74, 6) is 0.0246. The van der Waals surface area contributed by atoms with Crippen molar-refractivity contribution in [2.75, 3.05) is 7.11 Å². The van der Waals surface area contributed by atoms with Crippen LogP contribution in [0.15, 0.2) is 18.2 Å². The van der Waals surface area contributed by atoms with E-state index in [2.05, 4.69) is 26.1 Å². The van der Waals surface area contributed by atoms with Crippen LogP contribution in [0.3, 0.4) is 0 Å². The molecule has 0 saturated heterocycles. The lowest BCUT2D eigenvalue weighted by molar-refractivity contribution is 0.386. The number of ether oxygens (including phenoxy) is 1. The molecule has 0 bridgehead atoms. The summed E-state index contributed by atoms with van der Waals surface area (Å²) in [4.78, 5) is 0. The fraction of sp³-hybridized carbons (Fsp3) is 0.571. The normalized spacial score (nSPS) is 12.8. The van der Waals surface area contributed by atoms with Crippen LogP contribution in [0.25, 0.3) is 0 Å². The van der Waals surface area contributed by atoms with Gasteiger partial charge in [0.15, 0.2) is 11.6 Å². The number of aryl methyl sites for hydroxylation is 1. The third-order valence-corrected chi connectivity index (χ3v) is 2.70. The van der Waals surface area contributed by atoms with Crippen LogP contribution in [0.1, 0.15) is 32.8 Å². The molecule has 1 N–H and O–H groups in total. The number of benzene rings is 1. The van der Waals surface area contributed by atoms with E-state index in [-0.39, 0.29) is 5.82 Å². The van der Waals surface area contributed by atoms with Crippen molar-refractivity contribution in [1.29, 1.82) is 0 Å². The van der Waals surface area contributed by atoms with Crippen molar-refractivity contribution in [2.45, 2.75) is 45.7 Å². The van der Waals surface area contributed by atoms with E-state index in [1.807, 2.05) is 6.07 Å². The summed E-state index contributed by atoms with van der Waals surface area (Å²) in [5, 5.41) is 3.43. The molecule has 1 unspecified atom stereocenters. The predicted molar refractivity (Wildman–Crippen MR) is 69.0 cm³/mol. The van der Waals surface area contributed by atoms with E-state index < -0.39 is 0 Å². The minimum atomic E-state index is -0.283. The molecule has 2 nitrogen and oxygen atoms in total. The second kappa shape index (κ2) is 6.60. The van der Waals surface area contributed by atoms with Gasteiger partial charge in [-0.1, -0.05) is 19.9 Å². The summed E-state index contributed by atoms with van der Waals surface area (Å²) in [6.07, 6.45) is 1.88. The average Bonchev–Trinajstić information content (AvgIpc) is 2.25. The first-order valence-corrected chi connectivity index (χ1v) is 6.11. The fourth-order valence-corrected chi connectivity index (χ4v) is 1.90. The molecule has 0 radical (unpaired) electrons. The van der Waals surface area contributed by atoms with Gasteiger partial charge in [-0.3, -0.25) is 0 Å². The molecule has 1 aromatic carbocycles. The number of halogens is 1. The molecule has 0 spiro atoms. The van der Waals surface area contributed by atoms with Gasteiger partial charge >= 0.3 is 0 Å². The number of nitrogens with one attached hydrogen (secondary N) is 1. The van der Waals surface area contributed by atoms with Gasteiger partial charge in [-0.25, -0.2) is 4.39 Å². The topological polar surface area (TPSA) is 21.3 Å². The highest BCUT2D eigenvalue weighted by molar-refractivity contribution is 5.29. The Bertz CT molecular complexity index is 352. The standard InChI is InChI=1S/C14H22FNO/c1-10(2)16-11(3)5-6-12-7-8-14(17-4)13(15)9-12/h7-11,16H,5-6H2,1-4H3. The molecular weight excluding hydrogens is 217 g/mol. The molecule has 96 valence electrons. The maximum atomic E-state index is 13.4. The Morgan fingerprint density at radius 2 is 2.00 bits per heavy atom. The third-order valence-electron chi connectivity index (χ3n) is 2.70. The van der Waals surface area contributed by atoms with Crippen LogP contribution in [-0.4, -0.2) is 19.2 Å². The molecule has 0 saturated carbocycles. The molecule has 0 amide bonds. The highest BCUT2D eigenvalue weighted by Crippen LogP contribution is 2.18. The Morgan fingerprint density at radius 3 is 2.53 bits per heavy atom. The summed E-state index contributed by atoms with van der Waals surface area (Å²) < 4.78 is 18.3. The number of rotatable bonds is 6. The van der Waals surface area contributed by atoms with E-state index >= 15 is 0 Å². The van der Waals surface area contributed by atoms with Crippen LogP contribution < -0.4 is 10.1 Å². The molecule has 0 fully saturated rings. The van der Waals surface area contributed by atoms with Gasteiger partial charge in [-0.2, -0.15) is 0 Å². The number of hydrogen-bond acceptors (Lipinski definition) is 2. The fourth-order valence-electron chi connectivity index (χ4n) is 1.90. The van der Waals surface area contributed by atoms with Crippen LogP contribution in [0, 0.1) is 5.82 Å². The van der Waals surface area contributed by atoms with Gasteiger partial charge in [-0.05, 0) is 37.5 Å². The number of methoxy groups -OCH3 is 1. The van der Waals surface area contributed by atoms with Gasteiger partial charge in [0.05, 0.1) is 7.11 Å². The Kier molecular flexibility index (Phi) is 5.42. The molecule has 3 heteroatoms. The summed E-state index contributed by atoms with van der Waals surface area (Å²) >= 11 is 0. The van der Waals surface area contributed by atoms with Crippen LogP contribution in [0.4, 0.5) is 4.39 Å². The van der Waals surface area contributed by atoms with Crippen LogP contribution in [-0.2, 0) is 6.42 Å². The zero-order chi connectivity index (χ0) is 12.8. The van der Waals surface area contributed by atoms with Crippen LogP contribution in [0.5, 0.6) is 5.75 Å². The molecule has 1 rings (SSSR count). The van der Waals surface area contributed by atoms with Crippen molar-refractivity contribution in [3.8, 4) is 5.75 Å². The van der Waals surface area contributed by atoms with E-state index in [0.717, 1.165) is 18.4 Å². The van der Waals surface area contributed by atoms with Crippen molar-refractivity contribution in [2.24, 2.45) is 0 Å². The molecule has 0 aliphatic carbocycles. The smallest absolute Gasteiger partial charge is 0.165 e. The zero-order valence-electron chi connectivity index (χ0n) is 11.1. The van der Waals surface area contributed by atoms with Crippen LogP contribution >= 0.6 is 0 Å². The second-order valence-corrected chi connectivity index (χ2v) is 4.73. The Labute approximate surface area is 103 Å². The third kappa shape index (κ3) is 4.73.